The molecule has 3 rings (SSSR count). The van der Waals surface area contributed by atoms with Crippen LogP contribution in [-0.4, -0.2) is 164 Å². The maximum Gasteiger partial charge on any atom is 0.326 e. The zero-order valence-electron chi connectivity index (χ0n) is 38.5. The second kappa shape index (κ2) is 28.7. The minimum absolute atomic E-state index is 0.000629. The van der Waals surface area contributed by atoms with Crippen LogP contribution in [-0.2, 0) is 65.6 Å². The fourth-order valence-electron chi connectivity index (χ4n) is 6.88. The van der Waals surface area contributed by atoms with Gasteiger partial charge in [-0.2, -0.15) is 0 Å². The molecular weight excluding hydrogens is 953 g/mol. The summed E-state index contributed by atoms with van der Waals surface area (Å²) in [7, 11) is 0. The van der Waals surface area contributed by atoms with Crippen LogP contribution in [0.3, 0.4) is 0 Å². The summed E-state index contributed by atoms with van der Waals surface area (Å²) in [4.78, 5) is 144. The molecule has 0 bridgehead atoms. The van der Waals surface area contributed by atoms with Gasteiger partial charge in [-0.1, -0.05) is 48.5 Å². The number of aliphatic hydroxyl groups excluding tert-OH is 1. The van der Waals surface area contributed by atoms with Crippen LogP contribution in [0.5, 0.6) is 0 Å². The van der Waals surface area contributed by atoms with Gasteiger partial charge in [-0.25, -0.2) is 4.79 Å². The van der Waals surface area contributed by atoms with Crippen LogP contribution in [0.4, 0.5) is 0 Å². The monoisotopic (exact) mass is 1010 g/mol. The van der Waals surface area contributed by atoms with E-state index in [1.54, 1.807) is 54.6 Å². The largest absolute Gasteiger partial charge is 0.481 e. The number of carboxylic acids is 4. The number of hydrogen-bond donors (Lipinski definition) is 17. The number of amides is 7. The lowest BCUT2D eigenvalue weighted by Crippen LogP contribution is -2.59. The third kappa shape index (κ3) is 19.7. The van der Waals surface area contributed by atoms with Gasteiger partial charge in [0.1, 0.15) is 36.3 Å². The standard InChI is InChI=1S/C44H58N12O16/c45-25(15-22-7-2-1-3-8-22)37(65)54-31(18-36(63)64)41(69)55-30(17-35(61)62)38(66)50-20-33(58)51-29(16-23-19-49-26-10-5-4-9-24(23)26)40(68)52-27(12-13-34(59)60)39(67)56-32(21-57)42(70)53-28(43(71)72)11-6-14-48-44(46)47/h1-5,7-10,19,25,27-32,49,57H,6,11-18,20-21,45H2,(H,50,66)(H,51,58)(H,52,68)(H,53,70)(H,54,65)(H,55,69)(H,56,67)(H,59,60)(H,61,62)(H,63,64)(H,71,72)(H4,46,47,48)/t25-,27-,28-,29-,30-,31-,32-/m0/s1. The molecule has 0 aliphatic heterocycles. The molecule has 0 spiro atoms. The Balaban J connectivity index is 1.80. The van der Waals surface area contributed by atoms with Gasteiger partial charge < -0.3 is 84.5 Å². The summed E-state index contributed by atoms with van der Waals surface area (Å²) in [6.45, 7) is -1.98. The number of nitrogens with one attached hydrogen (secondary N) is 10. The Bertz CT molecular complexity index is 2450. The Morgan fingerprint density at radius 2 is 1.12 bits per heavy atom. The maximum absolute atomic E-state index is 14.1. The lowest BCUT2D eigenvalue weighted by Gasteiger charge is -2.25. The van der Waals surface area contributed by atoms with Crippen molar-refractivity contribution in [3.8, 4) is 0 Å². The first-order chi connectivity index (χ1) is 34.1. The first-order valence-corrected chi connectivity index (χ1v) is 22.1. The van der Waals surface area contributed by atoms with Crippen molar-refractivity contribution in [1.29, 1.82) is 5.41 Å². The average molecular weight is 1010 g/mol. The fraction of sp³-hybridized carbons (Fsp3) is 0.409. The Kier molecular flexibility index (Phi) is 23.0. The molecule has 0 unspecified atom stereocenters. The van der Waals surface area contributed by atoms with Crippen LogP contribution in [0.2, 0.25) is 0 Å². The van der Waals surface area contributed by atoms with E-state index >= 15 is 0 Å². The summed E-state index contributed by atoms with van der Waals surface area (Å²) in [6, 6.07) is 3.47. The fourth-order valence-corrected chi connectivity index (χ4v) is 6.88. The predicted octanol–water partition coefficient (Wildman–Crippen LogP) is -4.54. The molecule has 0 aliphatic rings. The molecule has 72 heavy (non-hydrogen) atoms. The number of aromatic nitrogens is 1. The molecule has 0 aliphatic carbocycles. The number of carbonyl (C=O) groups excluding carboxylic acids is 7. The molecular formula is C44H58N12O16. The van der Waals surface area contributed by atoms with Crippen LogP contribution in [0.15, 0.2) is 60.8 Å². The van der Waals surface area contributed by atoms with Crippen LogP contribution in [0.25, 0.3) is 10.9 Å². The number of H-pyrrole nitrogens is 1. The summed E-state index contributed by atoms with van der Waals surface area (Å²) in [5.74, 6) is -14.5. The van der Waals surface area contributed by atoms with Crippen molar-refractivity contribution < 1.29 is 78.3 Å². The Morgan fingerprint density at radius 3 is 1.74 bits per heavy atom. The number of carbonyl (C=O) groups is 11. The molecule has 0 saturated heterocycles. The number of aliphatic hydroxyl groups is 1. The number of guanidine groups is 1. The molecule has 19 N–H and O–H groups in total. The summed E-state index contributed by atoms with van der Waals surface area (Å²) in [5, 5.41) is 73.8. The van der Waals surface area contributed by atoms with E-state index in [1.165, 1.54) is 6.20 Å². The van der Waals surface area contributed by atoms with E-state index in [-0.39, 0.29) is 38.2 Å². The summed E-state index contributed by atoms with van der Waals surface area (Å²) in [5.41, 5.74) is 12.9. The first-order valence-electron chi connectivity index (χ1n) is 22.1. The quantitative estimate of drug-likeness (QED) is 0.0164. The third-order valence-electron chi connectivity index (χ3n) is 10.5. The highest BCUT2D eigenvalue weighted by Crippen LogP contribution is 2.19. The highest BCUT2D eigenvalue weighted by Gasteiger charge is 2.34. The van der Waals surface area contributed by atoms with E-state index in [0.29, 0.717) is 22.0 Å². The Morgan fingerprint density at radius 1 is 0.583 bits per heavy atom. The van der Waals surface area contributed by atoms with E-state index in [9.17, 15) is 78.3 Å². The van der Waals surface area contributed by atoms with Crippen molar-refractivity contribution >= 4 is 82.1 Å². The lowest BCUT2D eigenvalue weighted by molar-refractivity contribution is -0.143. The van der Waals surface area contributed by atoms with Gasteiger partial charge in [-0.3, -0.25) is 53.4 Å². The van der Waals surface area contributed by atoms with Crippen molar-refractivity contribution in [2.75, 3.05) is 19.7 Å². The first kappa shape index (κ1) is 57.7. The van der Waals surface area contributed by atoms with Crippen molar-refractivity contribution in [1.82, 2.24) is 47.5 Å². The van der Waals surface area contributed by atoms with E-state index in [1.807, 2.05) is 0 Å². The molecule has 0 saturated carbocycles. The number of benzene rings is 2. The minimum Gasteiger partial charge on any atom is -0.481 e. The van der Waals surface area contributed by atoms with Gasteiger partial charge >= 0.3 is 23.9 Å². The number of aromatic amines is 1. The number of hydrogen-bond acceptors (Lipinski definition) is 14. The molecule has 3 aromatic rings. The molecule has 1 aromatic heterocycles. The van der Waals surface area contributed by atoms with E-state index in [4.69, 9.17) is 16.9 Å². The zero-order valence-corrected chi connectivity index (χ0v) is 38.5. The van der Waals surface area contributed by atoms with Gasteiger partial charge in [0.05, 0.1) is 32.0 Å². The van der Waals surface area contributed by atoms with Gasteiger partial charge in [0, 0.05) is 36.5 Å². The second-order valence-electron chi connectivity index (χ2n) is 16.1. The predicted molar refractivity (Wildman–Crippen MR) is 250 cm³/mol. The number of carboxylic acid groups (broad SMARTS) is 4. The number of nitrogens with two attached hydrogens (primary N) is 2. The molecule has 0 radical (unpaired) electrons. The van der Waals surface area contributed by atoms with Gasteiger partial charge in [-0.15, -0.1) is 0 Å². The van der Waals surface area contributed by atoms with Crippen LogP contribution in [0, 0.1) is 5.41 Å². The number of rotatable bonds is 31. The molecule has 390 valence electrons. The van der Waals surface area contributed by atoms with E-state index < -0.39 is 146 Å². The second-order valence-corrected chi connectivity index (χ2v) is 16.1. The van der Waals surface area contributed by atoms with Gasteiger partial charge in [0.15, 0.2) is 5.96 Å². The molecule has 28 nitrogen and oxygen atoms in total. The van der Waals surface area contributed by atoms with Crippen molar-refractivity contribution in [2.24, 2.45) is 11.5 Å². The Hall–Kier alpha value is -8.66. The summed E-state index contributed by atoms with van der Waals surface area (Å²) >= 11 is 0. The molecule has 0 fully saturated rings. The third-order valence-corrected chi connectivity index (χ3v) is 10.5. The van der Waals surface area contributed by atoms with Gasteiger partial charge in [0.2, 0.25) is 41.4 Å². The Labute approximate surface area is 409 Å². The topological polar surface area (TPSA) is 477 Å². The number of fused-ring (bicyclic) bond motifs is 1. The SMILES string of the molecule is N=C(N)NCCC[C@H](NC(=O)[C@H](CO)NC(=O)[C@H](CCC(=O)O)NC(=O)[C@H](Cc1c[nH]c2ccccc12)NC(=O)CNC(=O)[C@H](CC(=O)O)NC(=O)[C@H](CC(=O)O)NC(=O)[C@@H](N)Cc1ccccc1)C(=O)O. The smallest absolute Gasteiger partial charge is 0.326 e. The minimum atomic E-state index is -1.96. The van der Waals surface area contributed by atoms with Crippen molar-refractivity contribution in [3.63, 3.8) is 0 Å². The summed E-state index contributed by atoms with van der Waals surface area (Å²) < 4.78 is 0. The van der Waals surface area contributed by atoms with Gasteiger partial charge in [-0.05, 0) is 42.9 Å². The highest BCUT2D eigenvalue weighted by molar-refractivity contribution is 5.98. The lowest BCUT2D eigenvalue weighted by atomic mass is 10.0. The summed E-state index contributed by atoms with van der Waals surface area (Å²) in [6.07, 6.45) is -2.28. The van der Waals surface area contributed by atoms with E-state index in [0.717, 1.165) is 0 Å². The van der Waals surface area contributed by atoms with E-state index in [2.05, 4.69) is 47.5 Å². The molecule has 7 amide bonds. The van der Waals surface area contributed by atoms with Gasteiger partial charge in [0.25, 0.3) is 0 Å². The average Bonchev–Trinajstić information content (AvgIpc) is 3.73. The zero-order chi connectivity index (χ0) is 53.5. The van der Waals surface area contributed by atoms with Crippen LogP contribution in [0.1, 0.15) is 49.7 Å². The van der Waals surface area contributed by atoms with Crippen LogP contribution >= 0.6 is 0 Å². The molecule has 7 atom stereocenters. The number of para-hydroxylation sites is 1. The maximum atomic E-state index is 14.1. The molecule has 2 aromatic carbocycles. The molecule has 1 heterocycles. The normalized spacial score (nSPS) is 13.8. The van der Waals surface area contributed by atoms with Crippen molar-refractivity contribution in [2.45, 2.75) is 93.7 Å². The molecule has 28 heteroatoms. The highest BCUT2D eigenvalue weighted by atomic mass is 16.4. The van der Waals surface area contributed by atoms with Crippen LogP contribution < -0.4 is 54.0 Å². The number of aliphatic carboxylic acids is 4. The van der Waals surface area contributed by atoms with Crippen molar-refractivity contribution in [3.05, 3.63) is 71.9 Å².